The molecule has 1 atom stereocenters. The van der Waals surface area contributed by atoms with Crippen molar-refractivity contribution in [3.05, 3.63) is 12.2 Å². The van der Waals surface area contributed by atoms with Crippen molar-refractivity contribution in [1.29, 1.82) is 0 Å². The van der Waals surface area contributed by atoms with Crippen molar-refractivity contribution in [2.24, 2.45) is 5.92 Å². The Balaban J connectivity index is 4.02. The number of hydrogen-bond acceptors (Lipinski definition) is 2. The number of carboxylic acid groups (broad SMARTS) is 1. The highest BCUT2D eigenvalue weighted by molar-refractivity contribution is 6.14. The summed E-state index contributed by atoms with van der Waals surface area (Å²) in [4.78, 5) is 10.2. The molecule has 0 rings (SSSR count). The first-order valence-corrected chi connectivity index (χ1v) is 5.87. The molecule has 1 unspecified atom stereocenters. The van der Waals surface area contributed by atoms with E-state index in [2.05, 4.69) is 13.8 Å². The van der Waals surface area contributed by atoms with Gasteiger partial charge < -0.3 is 9.84 Å². The Kier molecular flexibility index (Phi) is 5.72. The Morgan fingerprint density at radius 3 is 2.57 bits per heavy atom. The van der Waals surface area contributed by atoms with Gasteiger partial charge in [-0.2, -0.15) is 0 Å². The van der Waals surface area contributed by atoms with E-state index in [0.717, 1.165) is 23.1 Å². The molecule has 0 fully saturated rings. The minimum Gasteiger partial charge on any atom is -0.478 e. The van der Waals surface area contributed by atoms with Crippen LogP contribution in [0, 0.1) is 5.92 Å². The highest BCUT2D eigenvalue weighted by atomic mass is 28.1. The molecule has 0 spiro atoms. The maximum atomic E-state index is 10.2. The first-order chi connectivity index (χ1) is 6.42. The van der Waals surface area contributed by atoms with Crippen molar-refractivity contribution in [2.75, 3.05) is 7.11 Å². The van der Waals surface area contributed by atoms with Crippen LogP contribution in [0.25, 0.3) is 0 Å². The minimum atomic E-state index is -0.883. The largest absolute Gasteiger partial charge is 0.478 e. The molecule has 3 nitrogen and oxygen atoms in total. The molecular weight excluding hydrogens is 196 g/mol. The van der Waals surface area contributed by atoms with Crippen LogP contribution in [0.5, 0.6) is 0 Å². The van der Waals surface area contributed by atoms with Gasteiger partial charge in [-0.15, -0.1) is 0 Å². The molecule has 0 aromatic rings. The summed E-state index contributed by atoms with van der Waals surface area (Å²) < 4.78 is 5.49. The molecule has 0 aromatic carbocycles. The summed E-state index contributed by atoms with van der Waals surface area (Å²) in [6.07, 6.45) is 4.55. The summed E-state index contributed by atoms with van der Waals surface area (Å²) in [5.74, 6) is -0.400. The van der Waals surface area contributed by atoms with Gasteiger partial charge >= 0.3 is 5.97 Å². The number of ether oxygens (including phenoxy) is 1. The quantitative estimate of drug-likeness (QED) is 0.527. The van der Waals surface area contributed by atoms with E-state index in [9.17, 15) is 4.79 Å². The fourth-order valence-electron chi connectivity index (χ4n) is 1.18. The SMILES string of the molecule is COC([SiH3])(CCC=CC(=O)O)C(C)C. The van der Waals surface area contributed by atoms with Crippen molar-refractivity contribution in [1.82, 2.24) is 0 Å². The Hall–Kier alpha value is -0.613. The number of carboxylic acids is 1. The lowest BCUT2D eigenvalue weighted by atomic mass is 10.0. The van der Waals surface area contributed by atoms with E-state index < -0.39 is 5.97 Å². The monoisotopic (exact) mass is 216 g/mol. The molecule has 0 saturated heterocycles. The van der Waals surface area contributed by atoms with Crippen molar-refractivity contribution < 1.29 is 14.6 Å². The van der Waals surface area contributed by atoms with Crippen LogP contribution in [0.1, 0.15) is 26.7 Å². The van der Waals surface area contributed by atoms with Crippen molar-refractivity contribution in [2.45, 2.75) is 31.9 Å². The van der Waals surface area contributed by atoms with Gasteiger partial charge in [0.25, 0.3) is 0 Å². The van der Waals surface area contributed by atoms with Crippen LogP contribution in [0.4, 0.5) is 0 Å². The molecule has 14 heavy (non-hydrogen) atoms. The lowest BCUT2D eigenvalue weighted by molar-refractivity contribution is -0.131. The molecule has 0 aromatic heterocycles. The summed E-state index contributed by atoms with van der Waals surface area (Å²) in [6, 6.07) is 0. The van der Waals surface area contributed by atoms with Gasteiger partial charge in [0.1, 0.15) is 0 Å². The molecule has 1 N–H and O–H groups in total. The zero-order chi connectivity index (χ0) is 11.2. The fraction of sp³-hybridized carbons (Fsp3) is 0.700. The number of carbonyl (C=O) groups is 1. The Bertz CT molecular complexity index is 213. The lowest BCUT2D eigenvalue weighted by Gasteiger charge is -2.32. The molecular formula is C10H20O3Si. The molecule has 0 saturated carbocycles. The molecule has 0 bridgehead atoms. The number of allylic oxidation sites excluding steroid dienone is 1. The predicted octanol–water partition coefficient (Wildman–Crippen LogP) is 0.772. The summed E-state index contributed by atoms with van der Waals surface area (Å²) in [5.41, 5.74) is 0. The molecule has 0 amide bonds. The smallest absolute Gasteiger partial charge is 0.327 e. The highest BCUT2D eigenvalue weighted by Crippen LogP contribution is 2.23. The lowest BCUT2D eigenvalue weighted by Crippen LogP contribution is -2.37. The Morgan fingerprint density at radius 1 is 1.64 bits per heavy atom. The minimum absolute atomic E-state index is 0.0250. The van der Waals surface area contributed by atoms with Crippen molar-refractivity contribution in [3.63, 3.8) is 0 Å². The van der Waals surface area contributed by atoms with Crippen LogP contribution in [-0.2, 0) is 9.53 Å². The Morgan fingerprint density at radius 2 is 2.21 bits per heavy atom. The van der Waals surface area contributed by atoms with Crippen molar-refractivity contribution >= 4 is 16.2 Å². The van der Waals surface area contributed by atoms with Crippen LogP contribution in [0.2, 0.25) is 0 Å². The van der Waals surface area contributed by atoms with Gasteiger partial charge in [-0.3, -0.25) is 0 Å². The molecule has 0 heterocycles. The highest BCUT2D eigenvalue weighted by Gasteiger charge is 2.26. The van der Waals surface area contributed by atoms with Crippen LogP contribution in [0.3, 0.4) is 0 Å². The first kappa shape index (κ1) is 13.4. The van der Waals surface area contributed by atoms with Gasteiger partial charge in [-0.1, -0.05) is 19.9 Å². The molecule has 0 aliphatic rings. The maximum absolute atomic E-state index is 10.2. The third kappa shape index (κ3) is 4.57. The van der Waals surface area contributed by atoms with Gasteiger partial charge in [0.2, 0.25) is 0 Å². The van der Waals surface area contributed by atoms with Gasteiger partial charge in [0.05, 0.1) is 5.22 Å². The second kappa shape index (κ2) is 5.98. The van der Waals surface area contributed by atoms with Gasteiger partial charge in [0.15, 0.2) is 0 Å². The third-order valence-electron chi connectivity index (χ3n) is 2.76. The van der Waals surface area contributed by atoms with Crippen LogP contribution in [-0.4, -0.2) is 33.7 Å². The molecule has 4 heteroatoms. The number of rotatable bonds is 6. The van der Waals surface area contributed by atoms with Crippen LogP contribution >= 0.6 is 0 Å². The van der Waals surface area contributed by atoms with Gasteiger partial charge in [-0.25, -0.2) is 4.79 Å². The average Bonchev–Trinajstić information content (AvgIpc) is 2.11. The standard InChI is InChI=1S/C10H20O3Si/c1-8(2)10(14,13-3)7-5-4-6-9(11)12/h4,6,8H,5,7H2,1-3,14H3,(H,11,12). The van der Waals surface area contributed by atoms with Crippen LogP contribution < -0.4 is 0 Å². The molecule has 82 valence electrons. The maximum Gasteiger partial charge on any atom is 0.327 e. The second-order valence-electron chi connectivity index (χ2n) is 3.95. The van der Waals surface area contributed by atoms with Crippen LogP contribution in [0.15, 0.2) is 12.2 Å². The number of aliphatic carboxylic acids is 1. The average molecular weight is 216 g/mol. The first-order valence-electron chi connectivity index (χ1n) is 4.87. The van der Waals surface area contributed by atoms with E-state index in [1.54, 1.807) is 13.2 Å². The van der Waals surface area contributed by atoms with E-state index in [1.807, 2.05) is 0 Å². The predicted molar refractivity (Wildman–Crippen MR) is 60.5 cm³/mol. The molecule has 0 aliphatic carbocycles. The fourth-order valence-corrected chi connectivity index (χ4v) is 1.47. The topological polar surface area (TPSA) is 46.5 Å². The number of methoxy groups -OCH3 is 1. The van der Waals surface area contributed by atoms with E-state index >= 15 is 0 Å². The Labute approximate surface area is 88.6 Å². The zero-order valence-electron chi connectivity index (χ0n) is 9.41. The summed E-state index contributed by atoms with van der Waals surface area (Å²) in [5, 5.41) is 8.37. The van der Waals surface area contributed by atoms with E-state index in [1.165, 1.54) is 6.08 Å². The van der Waals surface area contributed by atoms with E-state index in [0.29, 0.717) is 5.92 Å². The van der Waals surface area contributed by atoms with E-state index in [-0.39, 0.29) is 5.22 Å². The molecule has 0 radical (unpaired) electrons. The summed E-state index contributed by atoms with van der Waals surface area (Å²) in [6.45, 7) is 4.27. The van der Waals surface area contributed by atoms with Crippen molar-refractivity contribution in [3.8, 4) is 0 Å². The normalized spacial score (nSPS) is 16.3. The number of hydrogen-bond donors (Lipinski definition) is 1. The second-order valence-corrected chi connectivity index (χ2v) is 5.64. The van der Waals surface area contributed by atoms with E-state index in [4.69, 9.17) is 9.84 Å². The third-order valence-corrected chi connectivity index (χ3v) is 4.82. The zero-order valence-corrected chi connectivity index (χ0v) is 11.4. The summed E-state index contributed by atoms with van der Waals surface area (Å²) >= 11 is 0. The van der Waals surface area contributed by atoms with Gasteiger partial charge in [0, 0.05) is 23.4 Å². The summed E-state index contributed by atoms with van der Waals surface area (Å²) in [7, 11) is 2.69. The molecule has 0 aliphatic heterocycles. The van der Waals surface area contributed by atoms with Gasteiger partial charge in [-0.05, 0) is 18.8 Å².